The van der Waals surface area contributed by atoms with Gasteiger partial charge in [0.05, 0.1) is 7.11 Å². The highest BCUT2D eigenvalue weighted by Gasteiger charge is 2.41. The van der Waals surface area contributed by atoms with Gasteiger partial charge in [0, 0.05) is 12.0 Å². The number of aromatic carboxylic acids is 1. The second kappa shape index (κ2) is 6.16. The third-order valence-corrected chi connectivity index (χ3v) is 4.42. The molecule has 1 aliphatic carbocycles. The summed E-state index contributed by atoms with van der Waals surface area (Å²) in [4.78, 5) is 23.3. The maximum Gasteiger partial charge on any atom is 0.339 e. The molecule has 0 saturated heterocycles. The van der Waals surface area contributed by atoms with Gasteiger partial charge >= 0.3 is 5.97 Å². The molecule has 1 amide bonds. The van der Waals surface area contributed by atoms with Crippen molar-refractivity contribution in [1.82, 2.24) is 5.32 Å². The Balaban J connectivity index is 2.03. The first-order valence-electron chi connectivity index (χ1n) is 7.21. The Morgan fingerprint density at radius 2 is 2.10 bits per heavy atom. The van der Waals surface area contributed by atoms with Gasteiger partial charge in [-0.1, -0.05) is 19.4 Å². The number of carboxylic acids is 1. The van der Waals surface area contributed by atoms with E-state index in [1.807, 2.05) is 6.92 Å². The van der Waals surface area contributed by atoms with Gasteiger partial charge in [-0.15, -0.1) is 0 Å². The summed E-state index contributed by atoms with van der Waals surface area (Å²) in [7, 11) is 1.44. The number of methoxy groups -OCH3 is 1. The fourth-order valence-electron chi connectivity index (χ4n) is 2.74. The predicted molar refractivity (Wildman–Crippen MR) is 78.4 cm³/mol. The Bertz CT molecular complexity index is 544. The second-order valence-corrected chi connectivity index (χ2v) is 5.51. The van der Waals surface area contributed by atoms with Crippen LogP contribution < -0.4 is 10.1 Å². The van der Waals surface area contributed by atoms with E-state index in [9.17, 15) is 9.59 Å². The average molecular weight is 291 g/mol. The number of hydrogen-bond acceptors (Lipinski definition) is 3. The van der Waals surface area contributed by atoms with Crippen molar-refractivity contribution >= 4 is 11.9 Å². The van der Waals surface area contributed by atoms with Crippen molar-refractivity contribution in [2.24, 2.45) is 5.41 Å². The lowest BCUT2D eigenvalue weighted by Crippen LogP contribution is -2.44. The van der Waals surface area contributed by atoms with E-state index in [1.165, 1.54) is 13.2 Å². The van der Waals surface area contributed by atoms with Crippen molar-refractivity contribution in [3.63, 3.8) is 0 Å². The molecular weight excluding hydrogens is 270 g/mol. The smallest absolute Gasteiger partial charge is 0.339 e. The molecule has 0 radical (unpaired) electrons. The molecule has 0 aliphatic heterocycles. The van der Waals surface area contributed by atoms with E-state index < -0.39 is 5.97 Å². The first-order chi connectivity index (χ1) is 10.0. The lowest BCUT2D eigenvalue weighted by Gasteiger charge is -2.39. The highest BCUT2D eigenvalue weighted by Crippen LogP contribution is 2.43. The number of carboxylic acid groups (broad SMARTS) is 1. The Morgan fingerprint density at radius 1 is 1.38 bits per heavy atom. The van der Waals surface area contributed by atoms with Crippen molar-refractivity contribution in [1.29, 1.82) is 0 Å². The number of amides is 1. The number of hydrogen-bond donors (Lipinski definition) is 2. The normalized spacial score (nSPS) is 15.9. The van der Waals surface area contributed by atoms with Crippen LogP contribution in [0.1, 0.15) is 48.5 Å². The zero-order valence-corrected chi connectivity index (χ0v) is 12.4. The molecule has 0 spiro atoms. The predicted octanol–water partition coefficient (Wildman–Crippen LogP) is 2.59. The van der Waals surface area contributed by atoms with Crippen molar-refractivity contribution in [2.75, 3.05) is 7.11 Å². The van der Waals surface area contributed by atoms with E-state index in [0.29, 0.717) is 12.3 Å². The van der Waals surface area contributed by atoms with E-state index in [2.05, 4.69) is 5.32 Å². The first-order valence-corrected chi connectivity index (χ1v) is 7.21. The van der Waals surface area contributed by atoms with Crippen LogP contribution in [0, 0.1) is 5.41 Å². The van der Waals surface area contributed by atoms with Gasteiger partial charge in [-0.3, -0.25) is 4.79 Å². The van der Waals surface area contributed by atoms with Crippen molar-refractivity contribution < 1.29 is 19.4 Å². The second-order valence-electron chi connectivity index (χ2n) is 5.51. The van der Waals surface area contributed by atoms with Gasteiger partial charge in [-0.2, -0.15) is 0 Å². The number of nitrogens with one attached hydrogen (secondary N) is 1. The van der Waals surface area contributed by atoms with E-state index in [4.69, 9.17) is 9.84 Å². The molecule has 0 atom stereocenters. The SMILES string of the molecule is CCC1(C(=O)NCc2ccc(C(=O)O)c(OC)c2)CCC1. The molecule has 5 heteroatoms. The Hall–Kier alpha value is -2.04. The Kier molecular flexibility index (Phi) is 4.50. The number of rotatable bonds is 6. The molecule has 114 valence electrons. The van der Waals surface area contributed by atoms with Crippen LogP contribution in [0.5, 0.6) is 5.75 Å². The summed E-state index contributed by atoms with van der Waals surface area (Å²) in [6.45, 7) is 2.43. The fraction of sp³-hybridized carbons (Fsp3) is 0.500. The van der Waals surface area contributed by atoms with Crippen molar-refractivity contribution in [3.05, 3.63) is 29.3 Å². The summed E-state index contributed by atoms with van der Waals surface area (Å²) in [5.74, 6) is -0.623. The van der Waals surface area contributed by atoms with E-state index >= 15 is 0 Å². The molecule has 21 heavy (non-hydrogen) atoms. The minimum Gasteiger partial charge on any atom is -0.496 e. The summed E-state index contributed by atoms with van der Waals surface area (Å²) in [6.07, 6.45) is 3.88. The largest absolute Gasteiger partial charge is 0.496 e. The van der Waals surface area contributed by atoms with Gasteiger partial charge in [-0.25, -0.2) is 4.79 Å². The van der Waals surface area contributed by atoms with Gasteiger partial charge in [0.25, 0.3) is 0 Å². The Labute approximate surface area is 124 Å². The Morgan fingerprint density at radius 3 is 2.57 bits per heavy atom. The highest BCUT2D eigenvalue weighted by atomic mass is 16.5. The fourth-order valence-corrected chi connectivity index (χ4v) is 2.74. The highest BCUT2D eigenvalue weighted by molar-refractivity contribution is 5.91. The molecular formula is C16H21NO4. The third kappa shape index (κ3) is 3.01. The molecule has 0 unspecified atom stereocenters. The zero-order chi connectivity index (χ0) is 15.5. The van der Waals surface area contributed by atoms with Crippen LogP contribution in [0.2, 0.25) is 0 Å². The maximum atomic E-state index is 12.2. The molecule has 1 aromatic rings. The molecule has 0 aromatic heterocycles. The van der Waals surface area contributed by atoms with Crippen LogP contribution in [0.3, 0.4) is 0 Å². The summed E-state index contributed by atoms with van der Waals surface area (Å²) in [6, 6.07) is 4.86. The molecule has 2 rings (SSSR count). The summed E-state index contributed by atoms with van der Waals surface area (Å²) in [5, 5.41) is 12.0. The lowest BCUT2D eigenvalue weighted by atomic mass is 9.66. The molecule has 0 bridgehead atoms. The van der Waals surface area contributed by atoms with Crippen molar-refractivity contribution in [2.45, 2.75) is 39.2 Å². The molecule has 0 heterocycles. The van der Waals surface area contributed by atoms with Gasteiger partial charge < -0.3 is 15.2 Å². The summed E-state index contributed by atoms with van der Waals surface area (Å²) < 4.78 is 5.08. The molecule has 1 fully saturated rings. The van der Waals surface area contributed by atoms with Crippen LogP contribution in [0.4, 0.5) is 0 Å². The topological polar surface area (TPSA) is 75.6 Å². The molecule has 1 aliphatic rings. The number of benzene rings is 1. The van der Waals surface area contributed by atoms with E-state index in [-0.39, 0.29) is 16.9 Å². The average Bonchev–Trinajstić information content (AvgIpc) is 2.44. The van der Waals surface area contributed by atoms with E-state index in [0.717, 1.165) is 31.2 Å². The van der Waals surface area contributed by atoms with E-state index in [1.54, 1.807) is 12.1 Å². The van der Waals surface area contributed by atoms with Crippen LogP contribution >= 0.6 is 0 Å². The quantitative estimate of drug-likeness (QED) is 0.844. The third-order valence-electron chi connectivity index (χ3n) is 4.42. The standard InChI is InChI=1S/C16H21NO4/c1-3-16(7-4-8-16)15(20)17-10-11-5-6-12(14(18)19)13(9-11)21-2/h5-6,9H,3-4,7-8,10H2,1-2H3,(H,17,20)(H,18,19). The van der Waals surface area contributed by atoms with Gasteiger partial charge in [0.1, 0.15) is 11.3 Å². The monoisotopic (exact) mass is 291 g/mol. The van der Waals surface area contributed by atoms with Gasteiger partial charge in [0.15, 0.2) is 0 Å². The van der Waals surface area contributed by atoms with Gasteiger partial charge in [-0.05, 0) is 37.0 Å². The lowest BCUT2D eigenvalue weighted by molar-refractivity contribution is -0.136. The van der Waals surface area contributed by atoms with Crippen LogP contribution in [-0.2, 0) is 11.3 Å². The van der Waals surface area contributed by atoms with Crippen LogP contribution in [0.15, 0.2) is 18.2 Å². The summed E-state index contributed by atoms with van der Waals surface area (Å²) in [5.41, 5.74) is 0.762. The maximum absolute atomic E-state index is 12.2. The molecule has 1 aromatic carbocycles. The van der Waals surface area contributed by atoms with Gasteiger partial charge in [0.2, 0.25) is 5.91 Å². The zero-order valence-electron chi connectivity index (χ0n) is 12.4. The minimum atomic E-state index is -1.03. The summed E-state index contributed by atoms with van der Waals surface area (Å²) >= 11 is 0. The minimum absolute atomic E-state index is 0.0949. The molecule has 5 nitrogen and oxygen atoms in total. The van der Waals surface area contributed by atoms with Crippen LogP contribution in [-0.4, -0.2) is 24.1 Å². The number of carbonyl (C=O) groups is 2. The first kappa shape index (κ1) is 15.4. The van der Waals surface area contributed by atoms with Crippen molar-refractivity contribution in [3.8, 4) is 5.75 Å². The molecule has 2 N–H and O–H groups in total. The van der Waals surface area contributed by atoms with Crippen LogP contribution in [0.25, 0.3) is 0 Å². The number of carbonyl (C=O) groups excluding carboxylic acids is 1. The number of ether oxygens (including phenoxy) is 1. The molecule has 1 saturated carbocycles.